The molecule has 1 amide bonds. The van der Waals surface area contributed by atoms with Crippen molar-refractivity contribution in [1.82, 2.24) is 4.90 Å². The molecule has 2 N–H and O–H groups in total. The molecule has 1 fully saturated rings. The summed E-state index contributed by atoms with van der Waals surface area (Å²) in [6, 6.07) is 0. The summed E-state index contributed by atoms with van der Waals surface area (Å²) in [5, 5.41) is -0.675. The number of nitrogens with zero attached hydrogens (tertiary/aromatic N) is 1. The van der Waals surface area contributed by atoms with Crippen molar-refractivity contribution in [3.05, 3.63) is 11.3 Å². The lowest BCUT2D eigenvalue weighted by Crippen LogP contribution is -2.81. The molecule has 1 saturated heterocycles. The number of ketones is 1. The molecule has 0 aromatic carbocycles. The largest absolute Gasteiger partial charge is 0.461 e. The number of carbonyl (C=O) groups excluding carboxylic acids is 4. The summed E-state index contributed by atoms with van der Waals surface area (Å²) in [4.78, 5) is 49.9. The normalized spacial score (nSPS) is 25.4. The number of hydrogen-bond donors (Lipinski definition) is 1. The van der Waals surface area contributed by atoms with Crippen LogP contribution in [0.25, 0.3) is 0 Å². The second-order valence-electron chi connectivity index (χ2n) is 7.22. The van der Waals surface area contributed by atoms with Gasteiger partial charge in [0.05, 0.1) is 0 Å². The Kier molecular flexibility index (Phi) is 5.53. The van der Waals surface area contributed by atoms with Crippen molar-refractivity contribution in [2.24, 2.45) is 5.73 Å². The van der Waals surface area contributed by atoms with Crippen LogP contribution in [0.15, 0.2) is 11.3 Å². The maximum Gasteiger partial charge on any atom is 0.355 e. The van der Waals surface area contributed by atoms with Gasteiger partial charge in [0, 0.05) is 24.7 Å². The van der Waals surface area contributed by atoms with Gasteiger partial charge in [-0.3, -0.25) is 19.3 Å². The van der Waals surface area contributed by atoms with Crippen LogP contribution in [-0.2, 0) is 28.7 Å². The third-order valence-corrected chi connectivity index (χ3v) is 5.43. The average Bonchev–Trinajstić information content (AvgIpc) is 2.55. The van der Waals surface area contributed by atoms with E-state index in [9.17, 15) is 19.2 Å². The molecule has 0 bridgehead atoms. The Bertz CT molecular complexity index is 696. The van der Waals surface area contributed by atoms with E-state index in [1.54, 1.807) is 27.7 Å². The highest BCUT2D eigenvalue weighted by Crippen LogP contribution is 2.46. The lowest BCUT2D eigenvalue weighted by Gasteiger charge is -2.54. The first kappa shape index (κ1) is 20.4. The molecule has 0 aromatic heterocycles. The number of carbonyl (C=O) groups is 4. The molecule has 144 valence electrons. The number of Topliss-reactive ketones (excluding diaryl/α,β-unsaturated/α-hetero) is 1. The number of fused-ring (bicyclic) bond motifs is 1. The highest BCUT2D eigenvalue weighted by Gasteiger charge is 2.66. The lowest BCUT2D eigenvalue weighted by molar-refractivity contribution is -0.164. The highest BCUT2D eigenvalue weighted by molar-refractivity contribution is 8.00. The first-order valence-electron chi connectivity index (χ1n) is 8.29. The number of thioether (sulfide) groups is 1. The smallest absolute Gasteiger partial charge is 0.355 e. The summed E-state index contributed by atoms with van der Waals surface area (Å²) >= 11 is 1.27. The molecule has 2 aliphatic heterocycles. The van der Waals surface area contributed by atoms with E-state index in [2.05, 4.69) is 0 Å². The number of hydrogen-bond acceptors (Lipinski definition) is 8. The predicted octanol–water partition coefficient (Wildman–Crippen LogP) is 0.737. The van der Waals surface area contributed by atoms with Crippen LogP contribution >= 0.6 is 11.8 Å². The van der Waals surface area contributed by atoms with E-state index in [0.717, 1.165) is 0 Å². The molecule has 0 saturated carbocycles. The molecule has 26 heavy (non-hydrogen) atoms. The van der Waals surface area contributed by atoms with Crippen LogP contribution in [0.2, 0.25) is 0 Å². The van der Waals surface area contributed by atoms with E-state index in [1.165, 1.54) is 23.6 Å². The Balaban J connectivity index is 2.40. The van der Waals surface area contributed by atoms with Gasteiger partial charge < -0.3 is 15.2 Å². The van der Waals surface area contributed by atoms with Crippen LogP contribution in [0.3, 0.4) is 0 Å². The molecule has 0 unspecified atom stereocenters. The Hall–Kier alpha value is -1.87. The predicted molar refractivity (Wildman–Crippen MR) is 94.8 cm³/mol. The zero-order valence-electron chi connectivity index (χ0n) is 15.6. The lowest BCUT2D eigenvalue weighted by atomic mass is 9.82. The van der Waals surface area contributed by atoms with Crippen LogP contribution in [0.1, 0.15) is 41.0 Å². The maximum atomic E-state index is 12.7. The number of ether oxygens (including phenoxy) is 2. The zero-order chi connectivity index (χ0) is 19.9. The van der Waals surface area contributed by atoms with Crippen LogP contribution in [-0.4, -0.2) is 57.4 Å². The van der Waals surface area contributed by atoms with Crippen molar-refractivity contribution >= 4 is 35.4 Å². The van der Waals surface area contributed by atoms with Crippen molar-refractivity contribution in [3.8, 4) is 0 Å². The van der Waals surface area contributed by atoms with Crippen LogP contribution in [0.4, 0.5) is 0 Å². The molecule has 2 aliphatic rings. The summed E-state index contributed by atoms with van der Waals surface area (Å²) in [7, 11) is 0. The van der Waals surface area contributed by atoms with Gasteiger partial charge in [-0.15, -0.1) is 11.8 Å². The monoisotopic (exact) mass is 384 g/mol. The SMILES string of the molecule is CCC(=O)[C@]1(N)C(=O)N2C(C(=O)OC(C)(C)C)=C(COC(C)=O)CS[C@@H]21. The van der Waals surface area contributed by atoms with Crippen LogP contribution < -0.4 is 5.73 Å². The minimum atomic E-state index is -1.64. The zero-order valence-corrected chi connectivity index (χ0v) is 16.4. The number of esters is 2. The molecule has 9 heteroatoms. The second kappa shape index (κ2) is 7.03. The number of amides is 1. The van der Waals surface area contributed by atoms with E-state index in [1.807, 2.05) is 0 Å². The molecule has 0 aromatic rings. The van der Waals surface area contributed by atoms with Crippen molar-refractivity contribution in [3.63, 3.8) is 0 Å². The van der Waals surface area contributed by atoms with E-state index >= 15 is 0 Å². The number of nitrogens with two attached hydrogens (primary N) is 1. The average molecular weight is 384 g/mol. The quantitative estimate of drug-likeness (QED) is 0.419. The molecule has 0 aliphatic carbocycles. The Labute approximate surface area is 156 Å². The van der Waals surface area contributed by atoms with Gasteiger partial charge in [0.1, 0.15) is 23.3 Å². The molecule has 8 nitrogen and oxygen atoms in total. The van der Waals surface area contributed by atoms with Crippen molar-refractivity contribution in [2.75, 3.05) is 12.4 Å². The van der Waals surface area contributed by atoms with Gasteiger partial charge >= 0.3 is 11.9 Å². The minimum Gasteiger partial charge on any atom is -0.461 e. The first-order valence-corrected chi connectivity index (χ1v) is 9.34. The fourth-order valence-corrected chi connectivity index (χ4v) is 4.23. The Morgan fingerprint density at radius 3 is 2.46 bits per heavy atom. The standard InChI is InChI=1S/C17H24N2O6S/c1-6-11(21)17(18)14(23)19-12(13(22)25-16(3,4)5)10(7-24-9(2)20)8-26-15(17)19/h15H,6-8,18H2,1-5H3/t15-,17+/m1/s1. The highest BCUT2D eigenvalue weighted by atomic mass is 32.2. The molecule has 0 spiro atoms. The Morgan fingerprint density at radius 2 is 1.96 bits per heavy atom. The maximum absolute atomic E-state index is 12.7. The summed E-state index contributed by atoms with van der Waals surface area (Å²) in [6.45, 7) is 7.88. The molecule has 2 atom stereocenters. The van der Waals surface area contributed by atoms with E-state index in [0.29, 0.717) is 11.3 Å². The van der Waals surface area contributed by atoms with Gasteiger partial charge in [-0.05, 0) is 20.8 Å². The van der Waals surface area contributed by atoms with Crippen LogP contribution in [0.5, 0.6) is 0 Å². The van der Waals surface area contributed by atoms with Crippen molar-refractivity contribution in [2.45, 2.75) is 57.6 Å². The van der Waals surface area contributed by atoms with Crippen LogP contribution in [0, 0.1) is 0 Å². The Morgan fingerprint density at radius 1 is 1.35 bits per heavy atom. The third-order valence-electron chi connectivity index (χ3n) is 4.01. The van der Waals surface area contributed by atoms with Gasteiger partial charge in [-0.2, -0.15) is 0 Å². The molecule has 0 radical (unpaired) electrons. The van der Waals surface area contributed by atoms with Crippen molar-refractivity contribution in [1.29, 1.82) is 0 Å². The fourth-order valence-electron chi connectivity index (χ4n) is 2.81. The van der Waals surface area contributed by atoms with E-state index < -0.39 is 34.4 Å². The summed E-state index contributed by atoms with van der Waals surface area (Å²) in [6.07, 6.45) is 0.124. The summed E-state index contributed by atoms with van der Waals surface area (Å²) in [5.74, 6) is -1.92. The molecular weight excluding hydrogens is 360 g/mol. The van der Waals surface area contributed by atoms with Gasteiger partial charge in [0.15, 0.2) is 11.3 Å². The van der Waals surface area contributed by atoms with Crippen molar-refractivity contribution < 1.29 is 28.7 Å². The van der Waals surface area contributed by atoms with Gasteiger partial charge in [0.2, 0.25) is 0 Å². The number of rotatable bonds is 5. The number of β-lactam (4-membered cyclic amide) rings is 1. The van der Waals surface area contributed by atoms with Gasteiger partial charge in [0.25, 0.3) is 5.91 Å². The van der Waals surface area contributed by atoms with E-state index in [-0.39, 0.29) is 24.5 Å². The van der Waals surface area contributed by atoms with Gasteiger partial charge in [-0.1, -0.05) is 6.92 Å². The summed E-state index contributed by atoms with van der Waals surface area (Å²) < 4.78 is 10.4. The molecule has 2 heterocycles. The second-order valence-corrected chi connectivity index (χ2v) is 8.29. The molecule has 2 rings (SSSR count). The summed E-state index contributed by atoms with van der Waals surface area (Å²) in [5.41, 5.74) is 4.14. The first-order chi connectivity index (χ1) is 11.9. The molecular formula is C17H24N2O6S. The minimum absolute atomic E-state index is 0.0138. The van der Waals surface area contributed by atoms with Gasteiger partial charge in [-0.25, -0.2) is 4.79 Å². The fraction of sp³-hybridized carbons (Fsp3) is 0.647. The third kappa shape index (κ3) is 3.50. The van der Waals surface area contributed by atoms with E-state index in [4.69, 9.17) is 15.2 Å². The topological polar surface area (TPSA) is 116 Å².